The number of nitrogens with one attached hydrogen (secondary N) is 5. The molecule has 1 aromatic heterocycles. The second-order valence-electron chi connectivity index (χ2n) is 8.53. The van der Waals surface area contributed by atoms with Crippen molar-refractivity contribution in [2.75, 3.05) is 13.1 Å². The Bertz CT molecular complexity index is 609. The minimum absolute atomic E-state index is 0.551. The fourth-order valence-electron chi connectivity index (χ4n) is 5.09. The number of hydrogen-bond acceptors (Lipinski definition) is 5. The lowest BCUT2D eigenvalue weighted by atomic mass is 9.89. The zero-order valence-corrected chi connectivity index (χ0v) is 17.2. The average molecular weight is 390 g/mol. The summed E-state index contributed by atoms with van der Waals surface area (Å²) in [4.78, 5) is 3.61. The van der Waals surface area contributed by atoms with E-state index < -0.39 is 0 Å². The van der Waals surface area contributed by atoms with Gasteiger partial charge in [-0.2, -0.15) is 0 Å². The van der Waals surface area contributed by atoms with Gasteiger partial charge in [-0.1, -0.05) is 37.9 Å². The minimum atomic E-state index is 0.551. The quantitative estimate of drug-likeness (QED) is 0.442. The van der Waals surface area contributed by atoms with Gasteiger partial charge < -0.3 is 26.3 Å². The standard InChI is InChI=1S/C21H35N5S/c27-17-11-15-13-24-20-7-3-1-5-18(20)22-9-10-23-19-6-2-4-8-21(19)25-14-16(12-17)26-15/h11-12,18-25H,1-10,13-14H2,(H,26,27)/t18-,19-,20-,21-/m1/s1. The summed E-state index contributed by atoms with van der Waals surface area (Å²) in [5.41, 5.74) is 2.41. The van der Waals surface area contributed by atoms with Crippen LogP contribution in [0, 0.1) is 4.51 Å². The zero-order valence-electron chi connectivity index (χ0n) is 16.4. The summed E-state index contributed by atoms with van der Waals surface area (Å²) in [5, 5.41) is 15.2. The van der Waals surface area contributed by atoms with Gasteiger partial charge in [-0.3, -0.25) is 0 Å². The lowest BCUT2D eigenvalue weighted by Crippen LogP contribution is -2.53. The number of hydrogen-bond donors (Lipinski definition) is 5. The van der Waals surface area contributed by atoms with Crippen LogP contribution >= 0.6 is 12.2 Å². The van der Waals surface area contributed by atoms with E-state index in [1.165, 1.54) is 62.8 Å². The van der Waals surface area contributed by atoms with Crippen molar-refractivity contribution >= 4 is 12.2 Å². The van der Waals surface area contributed by atoms with Crippen molar-refractivity contribution in [3.8, 4) is 0 Å². The molecule has 1 aliphatic heterocycles. The molecule has 5 N–H and O–H groups in total. The van der Waals surface area contributed by atoms with E-state index in [0.29, 0.717) is 24.2 Å². The van der Waals surface area contributed by atoms with Crippen LogP contribution in [0.4, 0.5) is 0 Å². The molecule has 0 spiro atoms. The number of H-pyrrole nitrogens is 1. The van der Waals surface area contributed by atoms with Crippen LogP contribution in [-0.4, -0.2) is 42.2 Å². The molecule has 2 saturated carbocycles. The van der Waals surface area contributed by atoms with Crippen LogP contribution in [-0.2, 0) is 13.1 Å². The van der Waals surface area contributed by atoms with Crippen molar-refractivity contribution in [3.63, 3.8) is 0 Å². The van der Waals surface area contributed by atoms with Gasteiger partial charge in [0.15, 0.2) is 0 Å². The van der Waals surface area contributed by atoms with Crippen LogP contribution in [0.1, 0.15) is 62.8 Å². The Kier molecular flexibility index (Phi) is 6.95. The Morgan fingerprint density at radius 3 is 1.48 bits per heavy atom. The Labute approximate surface area is 168 Å². The SMILES string of the molecule is S=c1cc2[nH]c(c1)CN[C@@H]1CCCC[C@H]1NCCN[C@@H]1CCCC[C@H]1NC2. The van der Waals surface area contributed by atoms with Crippen LogP contribution < -0.4 is 21.3 Å². The van der Waals surface area contributed by atoms with E-state index in [0.717, 1.165) is 30.7 Å². The Hall–Kier alpha value is -0.790. The third-order valence-corrected chi connectivity index (χ3v) is 6.77. The average Bonchev–Trinajstić information content (AvgIpc) is 2.69. The van der Waals surface area contributed by atoms with Gasteiger partial charge >= 0.3 is 0 Å². The van der Waals surface area contributed by atoms with E-state index in [9.17, 15) is 0 Å². The fraction of sp³-hybridized carbons (Fsp3) is 0.762. The molecule has 150 valence electrons. The van der Waals surface area contributed by atoms with Gasteiger partial charge in [0.1, 0.15) is 0 Å². The van der Waals surface area contributed by atoms with Crippen molar-refractivity contribution in [2.24, 2.45) is 0 Å². The van der Waals surface area contributed by atoms with Crippen molar-refractivity contribution in [1.29, 1.82) is 0 Å². The van der Waals surface area contributed by atoms with Crippen molar-refractivity contribution in [2.45, 2.75) is 88.6 Å². The maximum Gasteiger partial charge on any atom is 0.0412 e. The molecule has 0 unspecified atom stereocenters. The molecule has 1 aromatic rings. The first-order valence-electron chi connectivity index (χ1n) is 10.9. The molecule has 0 saturated heterocycles. The predicted octanol–water partition coefficient (Wildman–Crippen LogP) is 2.74. The van der Waals surface area contributed by atoms with Crippen molar-refractivity contribution in [1.82, 2.24) is 26.3 Å². The maximum atomic E-state index is 5.53. The molecule has 6 heteroatoms. The molecule has 4 atom stereocenters. The number of pyridine rings is 1. The number of aromatic amines is 1. The first-order chi connectivity index (χ1) is 13.3. The van der Waals surface area contributed by atoms with Gasteiger partial charge in [0.2, 0.25) is 0 Å². The highest BCUT2D eigenvalue weighted by atomic mass is 32.1. The number of aromatic nitrogens is 1. The Morgan fingerprint density at radius 1 is 0.630 bits per heavy atom. The summed E-state index contributed by atoms with van der Waals surface area (Å²) >= 11 is 5.53. The topological polar surface area (TPSA) is 63.9 Å². The molecule has 3 aliphatic rings. The summed E-state index contributed by atoms with van der Waals surface area (Å²) in [6.45, 7) is 3.85. The van der Waals surface area contributed by atoms with Gasteiger partial charge in [-0.15, -0.1) is 0 Å². The molecule has 27 heavy (non-hydrogen) atoms. The first kappa shape index (κ1) is 19.5. The largest absolute Gasteiger partial charge is 0.360 e. The van der Waals surface area contributed by atoms with Crippen LogP contribution in [0.2, 0.25) is 0 Å². The third-order valence-electron chi connectivity index (χ3n) is 6.53. The molecule has 2 heterocycles. The van der Waals surface area contributed by atoms with Gasteiger partial charge in [0, 0.05) is 66.2 Å². The van der Waals surface area contributed by atoms with Gasteiger partial charge in [-0.25, -0.2) is 0 Å². The highest BCUT2D eigenvalue weighted by Crippen LogP contribution is 2.21. The normalized spacial score (nSPS) is 33.2. The van der Waals surface area contributed by atoms with E-state index in [-0.39, 0.29) is 0 Å². The highest BCUT2D eigenvalue weighted by Gasteiger charge is 2.26. The van der Waals surface area contributed by atoms with Crippen LogP contribution in [0.5, 0.6) is 0 Å². The molecule has 0 radical (unpaired) electrons. The number of rotatable bonds is 0. The summed E-state index contributed by atoms with van der Waals surface area (Å²) in [6.07, 6.45) is 10.4. The maximum absolute atomic E-state index is 5.53. The van der Waals surface area contributed by atoms with E-state index in [4.69, 9.17) is 12.2 Å². The molecular weight excluding hydrogens is 354 g/mol. The molecule has 2 fully saturated rings. The second kappa shape index (κ2) is 9.61. The summed E-state index contributed by atoms with van der Waals surface area (Å²) in [5.74, 6) is 0. The highest BCUT2D eigenvalue weighted by molar-refractivity contribution is 7.71. The predicted molar refractivity (Wildman–Crippen MR) is 113 cm³/mol. The molecule has 5 nitrogen and oxygen atoms in total. The molecule has 2 bridgehead atoms. The second-order valence-corrected chi connectivity index (χ2v) is 9.00. The lowest BCUT2D eigenvalue weighted by Gasteiger charge is -2.34. The van der Waals surface area contributed by atoms with Crippen molar-refractivity contribution in [3.05, 3.63) is 28.0 Å². The van der Waals surface area contributed by atoms with Crippen molar-refractivity contribution < 1.29 is 0 Å². The molecule has 0 aromatic carbocycles. The van der Waals surface area contributed by atoms with Crippen LogP contribution in [0.3, 0.4) is 0 Å². The van der Waals surface area contributed by atoms with Crippen LogP contribution in [0.15, 0.2) is 12.1 Å². The third kappa shape index (κ3) is 5.39. The van der Waals surface area contributed by atoms with E-state index in [1.54, 1.807) is 0 Å². The molecule has 0 amide bonds. The van der Waals surface area contributed by atoms with E-state index in [1.807, 2.05) is 0 Å². The fourth-order valence-corrected chi connectivity index (χ4v) is 5.37. The van der Waals surface area contributed by atoms with E-state index in [2.05, 4.69) is 38.4 Å². The van der Waals surface area contributed by atoms with Gasteiger partial charge in [-0.05, 0) is 37.8 Å². The molecule has 2 aliphatic carbocycles. The molecule has 4 rings (SSSR count). The Balaban J connectivity index is 1.52. The smallest absolute Gasteiger partial charge is 0.0412 e. The Morgan fingerprint density at radius 2 is 1.04 bits per heavy atom. The minimum Gasteiger partial charge on any atom is -0.360 e. The van der Waals surface area contributed by atoms with Gasteiger partial charge in [0.05, 0.1) is 0 Å². The van der Waals surface area contributed by atoms with Gasteiger partial charge in [0.25, 0.3) is 0 Å². The van der Waals surface area contributed by atoms with Crippen LogP contribution in [0.25, 0.3) is 0 Å². The monoisotopic (exact) mass is 389 g/mol. The lowest BCUT2D eigenvalue weighted by molar-refractivity contribution is 0.266. The molecular formula is C21H35N5S. The summed E-state index contributed by atoms with van der Waals surface area (Å²) in [6, 6.07) is 6.49. The zero-order chi connectivity index (χ0) is 18.5. The van der Waals surface area contributed by atoms with E-state index >= 15 is 0 Å². The summed E-state index contributed by atoms with van der Waals surface area (Å²) < 4.78 is 0.934. The number of fused-ring (bicyclic) bond motifs is 4. The summed E-state index contributed by atoms with van der Waals surface area (Å²) in [7, 11) is 0. The first-order valence-corrected chi connectivity index (χ1v) is 11.3.